The van der Waals surface area contributed by atoms with Crippen molar-refractivity contribution in [2.75, 3.05) is 6.54 Å². The van der Waals surface area contributed by atoms with Crippen molar-refractivity contribution < 1.29 is 9.59 Å². The molecule has 1 aromatic rings. The Labute approximate surface area is 123 Å². The Kier molecular flexibility index (Phi) is 3.54. The fraction of sp³-hybridized carbons (Fsp3) is 0.600. The monoisotopic (exact) mass is 292 g/mol. The van der Waals surface area contributed by atoms with Crippen molar-refractivity contribution in [1.29, 1.82) is 0 Å². The minimum Gasteiger partial charge on any atom is -0.329 e. The number of rotatable bonds is 3. The highest BCUT2D eigenvalue weighted by Crippen LogP contribution is 2.30. The molecule has 0 aromatic carbocycles. The van der Waals surface area contributed by atoms with Gasteiger partial charge < -0.3 is 9.80 Å². The second kappa shape index (κ2) is 5.20. The molecule has 0 N–H and O–H groups in total. The van der Waals surface area contributed by atoms with E-state index in [-0.39, 0.29) is 23.9 Å². The van der Waals surface area contributed by atoms with Crippen molar-refractivity contribution >= 4 is 23.2 Å². The van der Waals surface area contributed by atoms with Crippen LogP contribution in [0, 0.1) is 6.92 Å². The number of carbonyl (C=O) groups excluding carboxylic acids is 2. The molecule has 1 aromatic heterocycles. The van der Waals surface area contributed by atoms with E-state index < -0.39 is 0 Å². The Morgan fingerprint density at radius 1 is 1.30 bits per heavy atom. The van der Waals surface area contributed by atoms with Crippen LogP contribution in [0.3, 0.4) is 0 Å². The van der Waals surface area contributed by atoms with Crippen LogP contribution in [0.25, 0.3) is 0 Å². The fourth-order valence-corrected chi connectivity index (χ4v) is 4.17. The van der Waals surface area contributed by atoms with Gasteiger partial charge in [0, 0.05) is 16.3 Å². The van der Waals surface area contributed by atoms with Crippen molar-refractivity contribution in [2.24, 2.45) is 0 Å². The molecule has 0 spiro atoms. The van der Waals surface area contributed by atoms with Crippen LogP contribution in [0.2, 0.25) is 0 Å². The molecule has 2 amide bonds. The topological polar surface area (TPSA) is 40.6 Å². The second-order valence-corrected chi connectivity index (χ2v) is 6.96. The maximum atomic E-state index is 12.7. The first-order chi connectivity index (χ1) is 9.61. The van der Waals surface area contributed by atoms with E-state index in [1.807, 2.05) is 6.92 Å². The molecule has 3 heterocycles. The largest absolute Gasteiger partial charge is 0.329 e. The van der Waals surface area contributed by atoms with E-state index in [0.29, 0.717) is 13.0 Å². The highest BCUT2D eigenvalue weighted by Gasteiger charge is 2.46. The van der Waals surface area contributed by atoms with Gasteiger partial charge >= 0.3 is 0 Å². The third-order valence-electron chi connectivity index (χ3n) is 4.27. The lowest BCUT2D eigenvalue weighted by Gasteiger charge is -2.41. The molecule has 2 fully saturated rings. The van der Waals surface area contributed by atoms with E-state index in [0.717, 1.165) is 24.3 Å². The third kappa shape index (κ3) is 2.14. The van der Waals surface area contributed by atoms with E-state index in [1.165, 1.54) is 4.88 Å². The molecule has 0 aliphatic carbocycles. The highest BCUT2D eigenvalue weighted by atomic mass is 32.1. The van der Waals surface area contributed by atoms with Crippen molar-refractivity contribution in [2.45, 2.75) is 51.7 Å². The number of fused-ring (bicyclic) bond motifs is 1. The van der Waals surface area contributed by atoms with E-state index >= 15 is 0 Å². The molecule has 2 saturated heterocycles. The van der Waals surface area contributed by atoms with Crippen LogP contribution in [-0.2, 0) is 16.1 Å². The zero-order valence-corrected chi connectivity index (χ0v) is 12.8. The summed E-state index contributed by atoms with van der Waals surface area (Å²) in [7, 11) is 0. The van der Waals surface area contributed by atoms with Gasteiger partial charge in [-0.1, -0.05) is 6.92 Å². The number of thiophene rings is 1. The van der Waals surface area contributed by atoms with E-state index in [2.05, 4.69) is 19.1 Å². The molecule has 2 unspecified atom stereocenters. The summed E-state index contributed by atoms with van der Waals surface area (Å²) in [6.45, 7) is 5.37. The van der Waals surface area contributed by atoms with Gasteiger partial charge in [-0.3, -0.25) is 9.59 Å². The Bertz CT molecular complexity index is 540. The molecular weight excluding hydrogens is 272 g/mol. The predicted octanol–water partition coefficient (Wildman–Crippen LogP) is 2.17. The molecule has 5 heteroatoms. The average Bonchev–Trinajstić information content (AvgIpc) is 3.05. The lowest BCUT2D eigenvalue weighted by Crippen LogP contribution is -2.62. The predicted molar refractivity (Wildman–Crippen MR) is 78.4 cm³/mol. The van der Waals surface area contributed by atoms with E-state index in [9.17, 15) is 9.59 Å². The lowest BCUT2D eigenvalue weighted by molar-refractivity contribution is -0.160. The zero-order valence-electron chi connectivity index (χ0n) is 12.0. The average molecular weight is 292 g/mol. The third-order valence-corrected chi connectivity index (χ3v) is 5.26. The Morgan fingerprint density at radius 3 is 2.75 bits per heavy atom. The number of aryl methyl sites for hydroxylation is 1. The Morgan fingerprint density at radius 2 is 2.10 bits per heavy atom. The molecule has 4 nitrogen and oxygen atoms in total. The standard InChI is InChI=1S/C15H20N2O2S/c1-3-12-14(18)16-8-4-5-13(16)15(19)17(12)9-11-7-6-10(2)20-11/h6-7,12-13H,3-5,8-9H2,1-2H3. The smallest absolute Gasteiger partial charge is 0.246 e. The Hall–Kier alpha value is -1.36. The number of piperazine rings is 1. The van der Waals surface area contributed by atoms with Crippen molar-refractivity contribution in [1.82, 2.24) is 9.80 Å². The summed E-state index contributed by atoms with van der Waals surface area (Å²) >= 11 is 1.70. The first-order valence-electron chi connectivity index (χ1n) is 7.28. The SMILES string of the molecule is CCC1C(=O)N2CCCC2C(=O)N1Cc1ccc(C)s1. The maximum absolute atomic E-state index is 12.7. The summed E-state index contributed by atoms with van der Waals surface area (Å²) in [4.78, 5) is 31.2. The van der Waals surface area contributed by atoms with Crippen LogP contribution in [0.1, 0.15) is 35.9 Å². The van der Waals surface area contributed by atoms with Crippen LogP contribution in [0.4, 0.5) is 0 Å². The number of hydrogen-bond acceptors (Lipinski definition) is 3. The van der Waals surface area contributed by atoms with Gasteiger partial charge in [-0.15, -0.1) is 11.3 Å². The molecule has 2 aliphatic heterocycles. The van der Waals surface area contributed by atoms with Gasteiger partial charge in [0.15, 0.2) is 0 Å². The minimum atomic E-state index is -0.278. The van der Waals surface area contributed by atoms with Crippen LogP contribution < -0.4 is 0 Å². The molecule has 0 radical (unpaired) electrons. The molecule has 108 valence electrons. The van der Waals surface area contributed by atoms with Crippen LogP contribution in [0.15, 0.2) is 12.1 Å². The van der Waals surface area contributed by atoms with Crippen molar-refractivity contribution in [3.05, 3.63) is 21.9 Å². The summed E-state index contributed by atoms with van der Waals surface area (Å²) in [5, 5.41) is 0. The number of amides is 2. The Balaban J connectivity index is 1.86. The maximum Gasteiger partial charge on any atom is 0.246 e. The number of nitrogens with zero attached hydrogens (tertiary/aromatic N) is 2. The molecule has 2 atom stereocenters. The highest BCUT2D eigenvalue weighted by molar-refractivity contribution is 7.11. The molecule has 0 saturated carbocycles. The van der Waals surface area contributed by atoms with Crippen LogP contribution in [0.5, 0.6) is 0 Å². The summed E-state index contributed by atoms with van der Waals surface area (Å²) in [6.07, 6.45) is 2.46. The first kappa shape index (κ1) is 13.6. The molecule has 3 rings (SSSR count). The van der Waals surface area contributed by atoms with Gasteiger partial charge in [-0.2, -0.15) is 0 Å². The van der Waals surface area contributed by atoms with Crippen LogP contribution in [-0.4, -0.2) is 40.2 Å². The minimum absolute atomic E-state index is 0.139. The molecular formula is C15H20N2O2S. The van der Waals surface area contributed by atoms with Crippen LogP contribution >= 0.6 is 11.3 Å². The molecule has 20 heavy (non-hydrogen) atoms. The van der Waals surface area contributed by atoms with Crippen molar-refractivity contribution in [3.63, 3.8) is 0 Å². The second-order valence-electron chi connectivity index (χ2n) is 5.59. The first-order valence-corrected chi connectivity index (χ1v) is 8.09. The van der Waals surface area contributed by atoms with Gasteiger partial charge in [-0.25, -0.2) is 0 Å². The summed E-state index contributed by atoms with van der Waals surface area (Å²) in [5.74, 6) is 0.280. The van der Waals surface area contributed by atoms with Gasteiger partial charge in [0.2, 0.25) is 11.8 Å². The quantitative estimate of drug-likeness (QED) is 0.856. The fourth-order valence-electron chi connectivity index (χ4n) is 3.28. The lowest BCUT2D eigenvalue weighted by atomic mass is 10.0. The molecule has 0 bridgehead atoms. The van der Waals surface area contributed by atoms with E-state index in [4.69, 9.17) is 0 Å². The zero-order chi connectivity index (χ0) is 14.3. The van der Waals surface area contributed by atoms with Gasteiger partial charge in [-0.05, 0) is 38.3 Å². The van der Waals surface area contributed by atoms with Crippen molar-refractivity contribution in [3.8, 4) is 0 Å². The van der Waals surface area contributed by atoms with Gasteiger partial charge in [0.1, 0.15) is 12.1 Å². The summed E-state index contributed by atoms with van der Waals surface area (Å²) < 4.78 is 0. The normalized spacial score (nSPS) is 26.3. The summed E-state index contributed by atoms with van der Waals surface area (Å²) in [6, 6.07) is 3.65. The molecule has 2 aliphatic rings. The number of hydrogen-bond donors (Lipinski definition) is 0. The summed E-state index contributed by atoms with van der Waals surface area (Å²) in [5.41, 5.74) is 0. The number of carbonyl (C=O) groups is 2. The van der Waals surface area contributed by atoms with E-state index in [1.54, 1.807) is 21.1 Å². The van der Waals surface area contributed by atoms with Gasteiger partial charge in [0.05, 0.1) is 6.54 Å². The van der Waals surface area contributed by atoms with Gasteiger partial charge in [0.25, 0.3) is 0 Å².